The Balaban J connectivity index is 1.89. The molecule has 3 N–H and O–H groups in total. The molecular weight excluding hydrogens is 434 g/mol. The van der Waals surface area contributed by atoms with Crippen LogP contribution in [0, 0.1) is 25.7 Å². The number of carbonyl (C=O) groups excluding carboxylic acids is 2. The van der Waals surface area contributed by atoms with Crippen LogP contribution in [0.15, 0.2) is 66.7 Å². The normalized spacial score (nSPS) is 10.4. The summed E-state index contributed by atoms with van der Waals surface area (Å²) in [5, 5.41) is 1.23. The minimum Gasteiger partial charge on any atom is -0.290 e. The van der Waals surface area contributed by atoms with Crippen LogP contribution in [0.4, 0.5) is 0 Å². The zero-order chi connectivity index (χ0) is 23.5. The SMILES string of the molecule is Cc1ccc(C(=O)NN)cc1C#Cc1cc2ccccc2nc1C(=O)c1c(C)cccc1Cl. The molecule has 33 heavy (non-hydrogen) atoms. The number of carbonyl (C=O) groups is 2. The molecule has 0 atom stereocenters. The van der Waals surface area contributed by atoms with Gasteiger partial charge in [0.05, 0.1) is 16.1 Å². The summed E-state index contributed by atoms with van der Waals surface area (Å²) in [4.78, 5) is 30.1. The summed E-state index contributed by atoms with van der Waals surface area (Å²) >= 11 is 6.37. The van der Waals surface area contributed by atoms with Crippen molar-refractivity contribution in [2.75, 3.05) is 0 Å². The molecule has 5 nitrogen and oxygen atoms in total. The Morgan fingerprint density at radius 1 is 0.909 bits per heavy atom. The summed E-state index contributed by atoms with van der Waals surface area (Å²) in [6.07, 6.45) is 0. The Kier molecular flexibility index (Phi) is 6.23. The monoisotopic (exact) mass is 453 g/mol. The number of nitrogens with one attached hydrogen (secondary N) is 1. The van der Waals surface area contributed by atoms with Crippen LogP contribution in [0.2, 0.25) is 5.02 Å². The van der Waals surface area contributed by atoms with Crippen LogP contribution in [0.25, 0.3) is 10.9 Å². The molecule has 1 amide bonds. The van der Waals surface area contributed by atoms with Crippen LogP contribution in [0.5, 0.6) is 0 Å². The molecule has 1 aromatic heterocycles. The Morgan fingerprint density at radius 3 is 2.42 bits per heavy atom. The van der Waals surface area contributed by atoms with Gasteiger partial charge >= 0.3 is 0 Å². The van der Waals surface area contributed by atoms with E-state index < -0.39 is 5.91 Å². The van der Waals surface area contributed by atoms with E-state index in [-0.39, 0.29) is 11.5 Å². The predicted molar refractivity (Wildman–Crippen MR) is 130 cm³/mol. The second-order valence-corrected chi connectivity index (χ2v) is 8.00. The van der Waals surface area contributed by atoms with Crippen molar-refractivity contribution in [1.82, 2.24) is 10.4 Å². The van der Waals surface area contributed by atoms with Crippen molar-refractivity contribution in [2.24, 2.45) is 5.84 Å². The highest BCUT2D eigenvalue weighted by molar-refractivity contribution is 6.35. The van der Waals surface area contributed by atoms with Gasteiger partial charge in [0.15, 0.2) is 0 Å². The number of ketones is 1. The third-order valence-corrected chi connectivity index (χ3v) is 5.67. The fourth-order valence-corrected chi connectivity index (χ4v) is 3.85. The molecule has 0 bridgehead atoms. The van der Waals surface area contributed by atoms with Gasteiger partial charge in [-0.2, -0.15) is 0 Å². The van der Waals surface area contributed by atoms with Crippen molar-refractivity contribution in [3.63, 3.8) is 0 Å². The number of aromatic nitrogens is 1. The largest absolute Gasteiger partial charge is 0.290 e. The maximum atomic E-state index is 13.5. The lowest BCUT2D eigenvalue weighted by Crippen LogP contribution is -2.30. The molecule has 0 aliphatic carbocycles. The molecule has 4 rings (SSSR count). The van der Waals surface area contributed by atoms with E-state index in [2.05, 4.69) is 22.3 Å². The molecule has 0 unspecified atom stereocenters. The van der Waals surface area contributed by atoms with Gasteiger partial charge in [-0.15, -0.1) is 0 Å². The first-order valence-corrected chi connectivity index (χ1v) is 10.6. The number of nitrogens with two attached hydrogens (primary N) is 1. The number of pyridine rings is 1. The van der Waals surface area contributed by atoms with E-state index >= 15 is 0 Å². The minimum atomic E-state index is -0.407. The molecular formula is C27H20ClN3O2. The van der Waals surface area contributed by atoms with Crippen LogP contribution < -0.4 is 11.3 Å². The van der Waals surface area contributed by atoms with E-state index in [1.165, 1.54) is 0 Å². The van der Waals surface area contributed by atoms with Gasteiger partial charge in [0, 0.05) is 22.1 Å². The van der Waals surface area contributed by atoms with E-state index in [1.807, 2.05) is 50.2 Å². The third kappa shape index (κ3) is 4.49. The van der Waals surface area contributed by atoms with E-state index in [4.69, 9.17) is 17.4 Å². The average Bonchev–Trinajstić information content (AvgIpc) is 2.82. The molecule has 3 aromatic carbocycles. The first kappa shape index (κ1) is 22.2. The Labute approximate surface area is 196 Å². The maximum Gasteiger partial charge on any atom is 0.265 e. The summed E-state index contributed by atoms with van der Waals surface area (Å²) in [5.74, 6) is 10.7. The molecule has 0 aliphatic heterocycles. The molecule has 0 saturated heterocycles. The van der Waals surface area contributed by atoms with Gasteiger partial charge in [0.25, 0.3) is 5.91 Å². The summed E-state index contributed by atoms with van der Waals surface area (Å²) < 4.78 is 0. The van der Waals surface area contributed by atoms with Crippen LogP contribution in [-0.2, 0) is 0 Å². The molecule has 0 aliphatic rings. The number of aryl methyl sites for hydroxylation is 2. The Bertz CT molecular complexity index is 1460. The lowest BCUT2D eigenvalue weighted by Gasteiger charge is -2.10. The maximum absolute atomic E-state index is 13.5. The number of nitrogens with zero attached hydrogens (tertiary/aromatic N) is 1. The van der Waals surface area contributed by atoms with Gasteiger partial charge in [0.2, 0.25) is 5.78 Å². The van der Waals surface area contributed by atoms with Crippen molar-refractivity contribution in [3.8, 4) is 11.8 Å². The molecule has 0 saturated carbocycles. The average molecular weight is 454 g/mol. The Hall–Kier alpha value is -3.98. The fourth-order valence-electron chi connectivity index (χ4n) is 3.54. The number of hydrogen-bond acceptors (Lipinski definition) is 4. The lowest BCUT2D eigenvalue weighted by molar-refractivity contribution is 0.0953. The Morgan fingerprint density at radius 2 is 1.67 bits per heavy atom. The fraction of sp³-hybridized carbons (Fsp3) is 0.0741. The second-order valence-electron chi connectivity index (χ2n) is 7.59. The zero-order valence-electron chi connectivity index (χ0n) is 18.1. The lowest BCUT2D eigenvalue weighted by atomic mass is 9.98. The number of para-hydroxylation sites is 1. The van der Waals surface area contributed by atoms with E-state index in [9.17, 15) is 9.59 Å². The van der Waals surface area contributed by atoms with Crippen LogP contribution in [0.3, 0.4) is 0 Å². The van der Waals surface area contributed by atoms with Crippen molar-refractivity contribution >= 4 is 34.2 Å². The minimum absolute atomic E-state index is 0.228. The van der Waals surface area contributed by atoms with Crippen molar-refractivity contribution in [2.45, 2.75) is 13.8 Å². The topological polar surface area (TPSA) is 85.1 Å². The highest BCUT2D eigenvalue weighted by Crippen LogP contribution is 2.25. The molecule has 0 fully saturated rings. The first-order valence-electron chi connectivity index (χ1n) is 10.2. The van der Waals surface area contributed by atoms with E-state index in [0.29, 0.717) is 32.8 Å². The van der Waals surface area contributed by atoms with E-state index in [0.717, 1.165) is 16.5 Å². The first-order chi connectivity index (χ1) is 15.9. The number of nitrogen functional groups attached to an aromatic ring is 1. The molecule has 4 aromatic rings. The van der Waals surface area contributed by atoms with Crippen molar-refractivity contribution in [1.29, 1.82) is 0 Å². The number of hydrazine groups is 1. The van der Waals surface area contributed by atoms with Gasteiger partial charge in [0.1, 0.15) is 5.69 Å². The molecule has 0 spiro atoms. The second kappa shape index (κ2) is 9.25. The number of fused-ring (bicyclic) bond motifs is 1. The molecule has 6 heteroatoms. The van der Waals surface area contributed by atoms with Crippen LogP contribution in [-0.4, -0.2) is 16.7 Å². The summed E-state index contributed by atoms with van der Waals surface area (Å²) in [5.41, 5.74) is 6.62. The smallest absolute Gasteiger partial charge is 0.265 e. The van der Waals surface area contributed by atoms with Gasteiger partial charge in [-0.3, -0.25) is 15.0 Å². The number of halogens is 1. The summed E-state index contributed by atoms with van der Waals surface area (Å²) in [6.45, 7) is 3.73. The predicted octanol–water partition coefficient (Wildman–Crippen LogP) is 4.74. The number of rotatable bonds is 3. The highest BCUT2D eigenvalue weighted by atomic mass is 35.5. The number of amides is 1. The standard InChI is InChI=1S/C27H20ClN3O2/c1-16-10-11-21(27(33)31-29)14-18(16)12-13-20-15-19-7-3-4-9-23(19)30-25(20)26(32)24-17(2)6-5-8-22(24)28/h3-11,14-15H,29H2,1-2H3,(H,31,33). The molecule has 0 radical (unpaired) electrons. The summed E-state index contributed by atoms with van der Waals surface area (Å²) in [6, 6.07) is 19.8. The third-order valence-electron chi connectivity index (χ3n) is 5.35. The highest BCUT2D eigenvalue weighted by Gasteiger charge is 2.20. The van der Waals surface area contributed by atoms with Gasteiger partial charge in [-0.1, -0.05) is 59.8 Å². The van der Waals surface area contributed by atoms with Crippen LogP contribution >= 0.6 is 11.6 Å². The quantitative estimate of drug-likeness (QED) is 0.154. The summed E-state index contributed by atoms with van der Waals surface area (Å²) in [7, 11) is 0. The van der Waals surface area contributed by atoms with Gasteiger partial charge in [-0.25, -0.2) is 10.8 Å². The number of benzene rings is 3. The van der Waals surface area contributed by atoms with Gasteiger partial charge in [-0.05, 0) is 55.3 Å². The van der Waals surface area contributed by atoms with Gasteiger partial charge < -0.3 is 0 Å². The van der Waals surface area contributed by atoms with Crippen molar-refractivity contribution < 1.29 is 9.59 Å². The number of hydrogen-bond donors (Lipinski definition) is 2. The van der Waals surface area contributed by atoms with Crippen LogP contribution in [0.1, 0.15) is 48.7 Å². The van der Waals surface area contributed by atoms with Crippen molar-refractivity contribution in [3.05, 3.63) is 111 Å². The molecule has 162 valence electrons. The zero-order valence-corrected chi connectivity index (χ0v) is 18.8. The van der Waals surface area contributed by atoms with E-state index in [1.54, 1.807) is 30.3 Å². The molecule has 1 heterocycles.